The highest BCUT2D eigenvalue weighted by molar-refractivity contribution is 6.04. The van der Waals surface area contributed by atoms with Crippen molar-refractivity contribution >= 4 is 11.6 Å². The molecule has 130 valence electrons. The van der Waals surface area contributed by atoms with Gasteiger partial charge in [-0.15, -0.1) is 0 Å². The molecule has 0 aliphatic carbocycles. The number of rotatable bonds is 2. The summed E-state index contributed by atoms with van der Waals surface area (Å²) >= 11 is 0. The van der Waals surface area contributed by atoms with Crippen LogP contribution >= 0.6 is 0 Å². The zero-order valence-electron chi connectivity index (χ0n) is 13.9. The summed E-state index contributed by atoms with van der Waals surface area (Å²) in [4.78, 5) is 12.0. The minimum atomic E-state index is -4.81. The second kappa shape index (κ2) is 7.95. The summed E-state index contributed by atoms with van der Waals surface area (Å²) in [5.41, 5.74) is 0.169. The lowest BCUT2D eigenvalue weighted by atomic mass is 10.1. The van der Waals surface area contributed by atoms with Gasteiger partial charge in [0.05, 0.1) is 11.3 Å². The van der Waals surface area contributed by atoms with E-state index in [1.54, 1.807) is 19.1 Å². The molecule has 0 fully saturated rings. The van der Waals surface area contributed by atoms with Gasteiger partial charge in [-0.3, -0.25) is 4.79 Å². The quantitative estimate of drug-likeness (QED) is 0.693. The van der Waals surface area contributed by atoms with Crippen LogP contribution in [0.4, 0.5) is 23.2 Å². The molecule has 0 spiro atoms. The predicted molar refractivity (Wildman–Crippen MR) is 86.6 cm³/mol. The Kier molecular flexibility index (Phi) is 6.51. The molecule has 2 rings (SSSR count). The van der Waals surface area contributed by atoms with Crippen LogP contribution in [0.25, 0.3) is 0 Å². The molecule has 6 heteroatoms. The van der Waals surface area contributed by atoms with Gasteiger partial charge in [0.2, 0.25) is 0 Å². The zero-order valence-corrected chi connectivity index (χ0v) is 13.9. The lowest BCUT2D eigenvalue weighted by Crippen LogP contribution is -2.16. The van der Waals surface area contributed by atoms with Crippen LogP contribution in [0, 0.1) is 19.7 Å². The molecule has 1 N–H and O–H groups in total. The molecule has 2 aromatic rings. The minimum absolute atomic E-state index is 0.250. The van der Waals surface area contributed by atoms with Crippen LogP contribution in [0.1, 0.15) is 40.9 Å². The molecular weight excluding hydrogens is 322 g/mol. The molecule has 0 heterocycles. The molecule has 2 nitrogen and oxygen atoms in total. The van der Waals surface area contributed by atoms with Gasteiger partial charge in [-0.05, 0) is 49.2 Å². The lowest BCUT2D eigenvalue weighted by molar-refractivity contribution is -0.139. The Morgan fingerprint density at radius 2 is 1.62 bits per heavy atom. The first-order valence-electron chi connectivity index (χ1n) is 7.44. The average Bonchev–Trinajstić information content (AvgIpc) is 2.52. The lowest BCUT2D eigenvalue weighted by Gasteiger charge is -2.12. The van der Waals surface area contributed by atoms with E-state index in [9.17, 15) is 22.4 Å². The van der Waals surface area contributed by atoms with E-state index >= 15 is 0 Å². The van der Waals surface area contributed by atoms with Gasteiger partial charge in [0.15, 0.2) is 5.82 Å². The Morgan fingerprint density at radius 3 is 2.17 bits per heavy atom. The number of carbonyl (C=O) groups is 1. The molecule has 0 bridgehead atoms. The van der Waals surface area contributed by atoms with Crippen molar-refractivity contribution in [1.82, 2.24) is 0 Å². The molecule has 24 heavy (non-hydrogen) atoms. The fourth-order valence-corrected chi connectivity index (χ4v) is 1.92. The molecular formula is C18H19F4NO. The van der Waals surface area contributed by atoms with Crippen molar-refractivity contribution in [1.29, 1.82) is 0 Å². The van der Waals surface area contributed by atoms with Crippen LogP contribution in [-0.2, 0) is 6.18 Å². The summed E-state index contributed by atoms with van der Waals surface area (Å²) < 4.78 is 51.8. The van der Waals surface area contributed by atoms with Crippen LogP contribution in [-0.4, -0.2) is 5.91 Å². The fourth-order valence-electron chi connectivity index (χ4n) is 1.92. The SMILES string of the molecule is CC.Cc1ccc(C(=O)Nc2cccc(C(F)(F)F)c2F)cc1C. The van der Waals surface area contributed by atoms with Gasteiger partial charge >= 0.3 is 6.18 Å². The van der Waals surface area contributed by atoms with Crippen molar-refractivity contribution in [2.45, 2.75) is 33.9 Å². The molecule has 1 amide bonds. The molecule has 2 aromatic carbocycles. The molecule has 0 aliphatic heterocycles. The number of halogens is 4. The number of anilines is 1. The van der Waals surface area contributed by atoms with Crippen molar-refractivity contribution in [2.75, 3.05) is 5.32 Å². The second-order valence-electron chi connectivity index (χ2n) is 4.92. The van der Waals surface area contributed by atoms with Gasteiger partial charge in [-0.1, -0.05) is 26.0 Å². The molecule has 0 saturated carbocycles. The van der Waals surface area contributed by atoms with E-state index in [4.69, 9.17) is 0 Å². The Labute approximate surface area is 138 Å². The van der Waals surface area contributed by atoms with Crippen LogP contribution < -0.4 is 5.32 Å². The maximum atomic E-state index is 13.9. The summed E-state index contributed by atoms with van der Waals surface area (Å²) in [5, 5.41) is 2.17. The normalized spacial score (nSPS) is 10.7. The number of nitrogens with one attached hydrogen (secondary N) is 1. The van der Waals surface area contributed by atoms with E-state index in [1.165, 1.54) is 6.07 Å². The van der Waals surface area contributed by atoms with E-state index in [2.05, 4.69) is 5.32 Å². The highest BCUT2D eigenvalue weighted by Crippen LogP contribution is 2.34. The molecule has 0 unspecified atom stereocenters. The van der Waals surface area contributed by atoms with Gasteiger partial charge in [-0.2, -0.15) is 13.2 Å². The Hall–Kier alpha value is -2.37. The Morgan fingerprint density at radius 1 is 1.00 bits per heavy atom. The summed E-state index contributed by atoms with van der Waals surface area (Å²) in [6, 6.07) is 7.60. The van der Waals surface area contributed by atoms with Crippen LogP contribution in [0.2, 0.25) is 0 Å². The summed E-state index contributed by atoms with van der Waals surface area (Å²) in [5.74, 6) is -2.16. The predicted octanol–water partition coefficient (Wildman–Crippen LogP) is 5.74. The maximum Gasteiger partial charge on any atom is 0.419 e. The molecule has 0 atom stereocenters. The summed E-state index contributed by atoms with van der Waals surface area (Å²) in [6.45, 7) is 7.67. The van der Waals surface area contributed by atoms with E-state index in [1.807, 2.05) is 20.8 Å². The molecule has 0 saturated heterocycles. The highest BCUT2D eigenvalue weighted by Gasteiger charge is 2.35. The van der Waals surface area contributed by atoms with Gasteiger partial charge in [0.1, 0.15) is 0 Å². The number of hydrogen-bond acceptors (Lipinski definition) is 1. The van der Waals surface area contributed by atoms with E-state index in [0.29, 0.717) is 6.07 Å². The number of aryl methyl sites for hydroxylation is 2. The van der Waals surface area contributed by atoms with E-state index in [0.717, 1.165) is 23.3 Å². The highest BCUT2D eigenvalue weighted by atomic mass is 19.4. The third kappa shape index (κ3) is 4.57. The number of hydrogen-bond donors (Lipinski definition) is 1. The zero-order chi connectivity index (χ0) is 18.5. The summed E-state index contributed by atoms with van der Waals surface area (Å²) in [6.07, 6.45) is -4.81. The topological polar surface area (TPSA) is 29.1 Å². The van der Waals surface area contributed by atoms with Crippen molar-refractivity contribution in [3.63, 3.8) is 0 Å². The number of carbonyl (C=O) groups excluding carboxylic acids is 1. The first kappa shape index (κ1) is 19.7. The first-order chi connectivity index (χ1) is 11.2. The van der Waals surface area contributed by atoms with Gasteiger partial charge in [-0.25, -0.2) is 4.39 Å². The van der Waals surface area contributed by atoms with Crippen LogP contribution in [0.15, 0.2) is 36.4 Å². The van der Waals surface area contributed by atoms with Crippen molar-refractivity contribution in [2.24, 2.45) is 0 Å². The Balaban J connectivity index is 0.00000139. The molecule has 0 aliphatic rings. The smallest absolute Gasteiger partial charge is 0.319 e. The van der Waals surface area contributed by atoms with Gasteiger partial charge in [0, 0.05) is 5.56 Å². The second-order valence-corrected chi connectivity index (χ2v) is 4.92. The van der Waals surface area contributed by atoms with Crippen molar-refractivity contribution in [3.05, 3.63) is 64.5 Å². The maximum absolute atomic E-state index is 13.9. The standard InChI is InChI=1S/C16H13F4NO.C2H6/c1-9-6-7-11(8-10(9)2)15(22)21-13-5-3-4-12(14(13)17)16(18,19)20;1-2/h3-8H,1-2H3,(H,21,22);1-2H3. The number of benzene rings is 2. The third-order valence-corrected chi connectivity index (χ3v) is 3.32. The van der Waals surface area contributed by atoms with Crippen molar-refractivity contribution in [3.8, 4) is 0 Å². The molecule has 0 radical (unpaired) electrons. The number of amides is 1. The van der Waals surface area contributed by atoms with Gasteiger partial charge in [0.25, 0.3) is 5.91 Å². The van der Waals surface area contributed by atoms with E-state index < -0.39 is 29.2 Å². The average molecular weight is 341 g/mol. The number of alkyl halides is 3. The van der Waals surface area contributed by atoms with Crippen LogP contribution in [0.5, 0.6) is 0 Å². The monoisotopic (exact) mass is 341 g/mol. The minimum Gasteiger partial charge on any atom is -0.319 e. The first-order valence-corrected chi connectivity index (χ1v) is 7.44. The molecule has 0 aromatic heterocycles. The largest absolute Gasteiger partial charge is 0.419 e. The third-order valence-electron chi connectivity index (χ3n) is 3.32. The Bertz CT molecular complexity index is 723. The summed E-state index contributed by atoms with van der Waals surface area (Å²) in [7, 11) is 0. The van der Waals surface area contributed by atoms with Crippen LogP contribution in [0.3, 0.4) is 0 Å². The van der Waals surface area contributed by atoms with E-state index in [-0.39, 0.29) is 5.56 Å². The fraction of sp³-hybridized carbons (Fsp3) is 0.278. The van der Waals surface area contributed by atoms with Gasteiger partial charge < -0.3 is 5.32 Å². The van der Waals surface area contributed by atoms with Crippen molar-refractivity contribution < 1.29 is 22.4 Å².